The van der Waals surface area contributed by atoms with E-state index in [4.69, 9.17) is 0 Å². The number of sulfonamides is 1. The zero-order chi connectivity index (χ0) is 22.5. The van der Waals surface area contributed by atoms with Gasteiger partial charge in [-0.15, -0.1) is 0 Å². The number of nitrogens with zero attached hydrogens (tertiary/aromatic N) is 4. The summed E-state index contributed by atoms with van der Waals surface area (Å²) in [4.78, 5) is 15.5. The van der Waals surface area contributed by atoms with Gasteiger partial charge in [0.1, 0.15) is 11.6 Å². The van der Waals surface area contributed by atoms with E-state index in [1.165, 1.54) is 0 Å². The first kappa shape index (κ1) is 21.5. The maximum absolute atomic E-state index is 13.8. The number of aromatic nitrogens is 2. The fourth-order valence-corrected chi connectivity index (χ4v) is 6.74. The number of anilines is 1. The molecule has 1 aromatic carbocycles. The molecule has 0 unspecified atom stereocenters. The molecule has 0 radical (unpaired) electrons. The van der Waals surface area contributed by atoms with Crippen molar-refractivity contribution in [2.75, 3.05) is 31.1 Å². The molecule has 0 bridgehead atoms. The molecule has 2 heterocycles. The third kappa shape index (κ3) is 3.94. The summed E-state index contributed by atoms with van der Waals surface area (Å²) in [5, 5.41) is 4.01. The third-order valence-electron chi connectivity index (χ3n) is 6.73. The molecule has 7 nitrogen and oxygen atoms in total. The van der Waals surface area contributed by atoms with Crippen LogP contribution in [0.1, 0.15) is 50.0 Å². The minimum absolute atomic E-state index is 0.0541. The average Bonchev–Trinajstić information content (AvgIpc) is 3.50. The van der Waals surface area contributed by atoms with Crippen molar-refractivity contribution in [3.8, 4) is 5.69 Å². The van der Waals surface area contributed by atoms with Gasteiger partial charge in [-0.05, 0) is 43.7 Å². The molecule has 1 aromatic heterocycles. The zero-order valence-corrected chi connectivity index (χ0v) is 18.5. The van der Waals surface area contributed by atoms with Gasteiger partial charge in [-0.25, -0.2) is 17.2 Å². The highest BCUT2D eigenvalue weighted by Gasteiger charge is 2.41. The first-order valence-corrected chi connectivity index (χ1v) is 12.7. The van der Waals surface area contributed by atoms with Crippen molar-refractivity contribution in [2.24, 2.45) is 0 Å². The van der Waals surface area contributed by atoms with Crippen LogP contribution in [0.25, 0.3) is 5.69 Å². The Bertz CT molecular complexity index is 1160. The number of hydrogen-bond donors (Lipinski definition) is 0. The predicted octanol–water partition coefficient (Wildman–Crippen LogP) is 2.78. The molecule has 32 heavy (non-hydrogen) atoms. The minimum Gasteiger partial charge on any atom is -0.367 e. The van der Waals surface area contributed by atoms with E-state index in [9.17, 15) is 22.0 Å². The molecule has 0 spiro atoms. The first-order chi connectivity index (χ1) is 15.3. The standard InChI is InChI=1S/C22H26F2N4O3S/c23-16-11-17(24)13-18(12-16)28-22(29)21(15-3-1-2-4-15)20(14-25-28)26-7-9-27(10-8-26)32(30,31)19-5-6-19/h11-15,19H,1-10H2. The van der Waals surface area contributed by atoms with E-state index in [0.29, 0.717) is 37.4 Å². The summed E-state index contributed by atoms with van der Waals surface area (Å²) in [6.45, 7) is 1.71. The Hall–Kier alpha value is -2.33. The Morgan fingerprint density at radius 2 is 1.53 bits per heavy atom. The van der Waals surface area contributed by atoms with Gasteiger partial charge in [0, 0.05) is 37.8 Å². The van der Waals surface area contributed by atoms with Crippen molar-refractivity contribution < 1.29 is 17.2 Å². The minimum atomic E-state index is -3.23. The normalized spacial score (nSPS) is 20.8. The van der Waals surface area contributed by atoms with Gasteiger partial charge in [-0.1, -0.05) is 12.8 Å². The molecule has 3 fully saturated rings. The second-order valence-electron chi connectivity index (χ2n) is 8.90. The quantitative estimate of drug-likeness (QED) is 0.680. The van der Waals surface area contributed by atoms with Crippen LogP contribution < -0.4 is 10.5 Å². The van der Waals surface area contributed by atoms with Gasteiger partial charge >= 0.3 is 0 Å². The Morgan fingerprint density at radius 3 is 2.12 bits per heavy atom. The summed E-state index contributed by atoms with van der Waals surface area (Å²) in [6.07, 6.45) is 6.85. The highest BCUT2D eigenvalue weighted by atomic mass is 32.2. The fraction of sp³-hybridized carbons (Fsp3) is 0.545. The topological polar surface area (TPSA) is 75.5 Å². The molecule has 3 aliphatic rings. The number of piperazine rings is 1. The molecule has 5 rings (SSSR count). The van der Waals surface area contributed by atoms with Crippen LogP contribution in [-0.4, -0.2) is 53.9 Å². The third-order valence-corrected chi connectivity index (χ3v) is 9.13. The van der Waals surface area contributed by atoms with Crippen LogP contribution in [0.5, 0.6) is 0 Å². The lowest BCUT2D eigenvalue weighted by Gasteiger charge is -2.36. The van der Waals surface area contributed by atoms with Crippen LogP contribution in [0.2, 0.25) is 0 Å². The van der Waals surface area contributed by atoms with Gasteiger partial charge in [0.15, 0.2) is 0 Å². The Kier molecular flexibility index (Phi) is 5.53. The molecular formula is C22H26F2N4O3S. The smallest absolute Gasteiger partial charge is 0.277 e. The Balaban J connectivity index is 1.49. The van der Waals surface area contributed by atoms with Gasteiger partial charge in [0.05, 0.1) is 22.8 Å². The van der Waals surface area contributed by atoms with Gasteiger partial charge in [0.2, 0.25) is 10.0 Å². The molecule has 2 saturated carbocycles. The molecular weight excluding hydrogens is 438 g/mol. The van der Waals surface area contributed by atoms with Crippen molar-refractivity contribution in [1.82, 2.24) is 14.1 Å². The lowest BCUT2D eigenvalue weighted by molar-refractivity contribution is 0.383. The SMILES string of the molecule is O=c1c(C2CCCC2)c(N2CCN(S(=O)(=O)C3CC3)CC2)cnn1-c1cc(F)cc(F)c1. The summed E-state index contributed by atoms with van der Waals surface area (Å²) in [6, 6.07) is 2.95. The van der Waals surface area contributed by atoms with Crippen LogP contribution in [0.4, 0.5) is 14.5 Å². The second-order valence-corrected chi connectivity index (χ2v) is 11.1. The highest BCUT2D eigenvalue weighted by Crippen LogP contribution is 2.38. The van der Waals surface area contributed by atoms with Crippen LogP contribution in [-0.2, 0) is 10.0 Å². The van der Waals surface area contributed by atoms with Gasteiger partial charge in [-0.2, -0.15) is 14.1 Å². The summed E-state index contributed by atoms with van der Waals surface area (Å²) in [7, 11) is -3.23. The number of benzene rings is 1. The number of rotatable bonds is 5. The maximum atomic E-state index is 13.8. The average molecular weight is 465 g/mol. The summed E-state index contributed by atoms with van der Waals surface area (Å²) >= 11 is 0. The molecule has 0 atom stereocenters. The number of halogens is 2. The van der Waals surface area contributed by atoms with E-state index in [1.54, 1.807) is 10.5 Å². The Labute approximate surface area is 185 Å². The van der Waals surface area contributed by atoms with Crippen molar-refractivity contribution in [1.29, 1.82) is 0 Å². The zero-order valence-electron chi connectivity index (χ0n) is 17.7. The van der Waals surface area contributed by atoms with Crippen molar-refractivity contribution in [3.05, 3.63) is 51.9 Å². The van der Waals surface area contributed by atoms with Gasteiger partial charge in [0.25, 0.3) is 5.56 Å². The predicted molar refractivity (Wildman–Crippen MR) is 117 cm³/mol. The largest absolute Gasteiger partial charge is 0.367 e. The van der Waals surface area contributed by atoms with E-state index in [1.807, 2.05) is 4.90 Å². The molecule has 0 N–H and O–H groups in total. The fourth-order valence-electron chi connectivity index (χ4n) is 4.91. The van der Waals surface area contributed by atoms with Crippen LogP contribution >= 0.6 is 0 Å². The van der Waals surface area contributed by atoms with Gasteiger partial charge < -0.3 is 4.90 Å². The van der Waals surface area contributed by atoms with Crippen molar-refractivity contribution >= 4 is 15.7 Å². The number of hydrogen-bond acceptors (Lipinski definition) is 5. The molecule has 1 saturated heterocycles. The van der Waals surface area contributed by atoms with E-state index in [2.05, 4.69) is 5.10 Å². The van der Waals surface area contributed by atoms with E-state index >= 15 is 0 Å². The molecule has 2 aliphatic carbocycles. The van der Waals surface area contributed by atoms with Crippen molar-refractivity contribution in [2.45, 2.75) is 49.7 Å². The van der Waals surface area contributed by atoms with Crippen molar-refractivity contribution in [3.63, 3.8) is 0 Å². The van der Waals surface area contributed by atoms with Crippen LogP contribution in [0.15, 0.2) is 29.2 Å². The molecule has 2 aromatic rings. The molecule has 172 valence electrons. The lowest BCUT2D eigenvalue weighted by Crippen LogP contribution is -2.50. The maximum Gasteiger partial charge on any atom is 0.277 e. The summed E-state index contributed by atoms with van der Waals surface area (Å²) < 4.78 is 55.3. The monoisotopic (exact) mass is 464 g/mol. The van der Waals surface area contributed by atoms with E-state index in [-0.39, 0.29) is 22.4 Å². The summed E-state index contributed by atoms with van der Waals surface area (Å²) in [5.74, 6) is -1.49. The molecule has 1 aliphatic heterocycles. The second kappa shape index (κ2) is 8.22. The van der Waals surface area contributed by atoms with E-state index < -0.39 is 21.7 Å². The van der Waals surface area contributed by atoms with E-state index in [0.717, 1.165) is 61.4 Å². The van der Waals surface area contributed by atoms with Gasteiger partial charge in [-0.3, -0.25) is 4.79 Å². The first-order valence-electron chi connectivity index (χ1n) is 11.2. The highest BCUT2D eigenvalue weighted by molar-refractivity contribution is 7.90. The Morgan fingerprint density at radius 1 is 0.906 bits per heavy atom. The lowest BCUT2D eigenvalue weighted by atomic mass is 9.97. The molecule has 10 heteroatoms. The summed E-state index contributed by atoms with van der Waals surface area (Å²) in [5.41, 5.74) is 1.00. The van der Waals surface area contributed by atoms with Crippen LogP contribution in [0, 0.1) is 11.6 Å². The molecule has 0 amide bonds. The van der Waals surface area contributed by atoms with Crippen LogP contribution in [0.3, 0.4) is 0 Å².